The molecule has 1 saturated carbocycles. The molecule has 7 heteroatoms. The van der Waals surface area contributed by atoms with Crippen molar-refractivity contribution in [3.63, 3.8) is 0 Å². The average molecular weight is 359 g/mol. The Morgan fingerprint density at radius 1 is 1.35 bits per heavy atom. The fourth-order valence-corrected chi connectivity index (χ4v) is 3.89. The Kier molecular flexibility index (Phi) is 4.09. The summed E-state index contributed by atoms with van der Waals surface area (Å²) in [5, 5.41) is 3.57. The molecule has 2 unspecified atom stereocenters. The van der Waals surface area contributed by atoms with Crippen LogP contribution in [-0.4, -0.2) is 47.8 Å². The number of nitrogens with zero attached hydrogens (tertiary/aromatic N) is 2. The lowest BCUT2D eigenvalue weighted by Crippen LogP contribution is -2.37. The molecule has 2 aliphatic rings. The largest absolute Gasteiger partial charge is 0.355 e. The van der Waals surface area contributed by atoms with Crippen LogP contribution in [0.2, 0.25) is 0 Å². The fraction of sp³-hybridized carbons (Fsp3) is 0.421. The molecule has 2 aromatic rings. The fourth-order valence-electron chi connectivity index (χ4n) is 3.89. The minimum absolute atomic E-state index is 0.0527. The molecular formula is C19H19F2N3O2. The highest BCUT2D eigenvalue weighted by Gasteiger charge is 2.60. The van der Waals surface area contributed by atoms with Gasteiger partial charge in [-0.05, 0) is 30.5 Å². The second-order valence-electron chi connectivity index (χ2n) is 7.23. The van der Waals surface area contributed by atoms with Crippen LogP contribution in [0.25, 0.3) is 10.9 Å². The Morgan fingerprint density at radius 2 is 2.19 bits per heavy atom. The second-order valence-corrected chi connectivity index (χ2v) is 7.23. The van der Waals surface area contributed by atoms with Crippen LogP contribution in [0.3, 0.4) is 0 Å². The molecule has 0 spiro atoms. The lowest BCUT2D eigenvalue weighted by Gasteiger charge is -2.21. The lowest BCUT2D eigenvalue weighted by atomic mass is 10.1. The number of amides is 2. The SMILES string of the molecule is O=C(CC(F)F)NCC12CC1CN(C(=O)c1ccc3cccnc3c1)C2. The summed E-state index contributed by atoms with van der Waals surface area (Å²) in [5.41, 5.74) is 1.22. The molecule has 0 bridgehead atoms. The van der Waals surface area contributed by atoms with E-state index in [-0.39, 0.29) is 11.3 Å². The van der Waals surface area contributed by atoms with E-state index in [1.54, 1.807) is 23.2 Å². The summed E-state index contributed by atoms with van der Waals surface area (Å²) in [6.07, 6.45) is -0.789. The van der Waals surface area contributed by atoms with E-state index in [9.17, 15) is 18.4 Å². The van der Waals surface area contributed by atoms with Crippen LogP contribution in [0.4, 0.5) is 8.78 Å². The number of hydrogen-bond acceptors (Lipinski definition) is 3. The van der Waals surface area contributed by atoms with E-state index in [2.05, 4.69) is 10.3 Å². The number of aromatic nitrogens is 1. The first-order chi connectivity index (χ1) is 12.5. The zero-order valence-corrected chi connectivity index (χ0v) is 14.1. The maximum Gasteiger partial charge on any atom is 0.253 e. The Morgan fingerprint density at radius 3 is 3.00 bits per heavy atom. The van der Waals surface area contributed by atoms with Gasteiger partial charge in [0.1, 0.15) is 0 Å². The molecule has 0 radical (unpaired) electrons. The number of carbonyl (C=O) groups excluding carboxylic acids is 2. The van der Waals surface area contributed by atoms with Crippen molar-refractivity contribution in [3.8, 4) is 0 Å². The number of nitrogens with one attached hydrogen (secondary N) is 1. The van der Waals surface area contributed by atoms with Gasteiger partial charge >= 0.3 is 0 Å². The van der Waals surface area contributed by atoms with Gasteiger partial charge in [0, 0.05) is 42.2 Å². The van der Waals surface area contributed by atoms with Crippen LogP contribution in [0.5, 0.6) is 0 Å². The Bertz CT molecular complexity index is 873. The number of alkyl halides is 2. The standard InChI is InChI=1S/C19H19F2N3O2/c20-16(21)7-17(25)23-10-19-8-14(19)9-24(11-19)18(26)13-4-3-12-2-1-5-22-15(12)6-13/h1-6,14,16H,7-11H2,(H,23,25). The van der Waals surface area contributed by atoms with Crippen LogP contribution >= 0.6 is 0 Å². The van der Waals surface area contributed by atoms with Crippen molar-refractivity contribution in [3.05, 3.63) is 42.1 Å². The molecule has 1 aromatic heterocycles. The van der Waals surface area contributed by atoms with Crippen LogP contribution < -0.4 is 5.32 Å². The predicted octanol–water partition coefficient (Wildman–Crippen LogP) is 2.47. The third kappa shape index (κ3) is 3.13. The Balaban J connectivity index is 1.40. The van der Waals surface area contributed by atoms with Crippen molar-refractivity contribution >= 4 is 22.7 Å². The number of carbonyl (C=O) groups is 2. The monoisotopic (exact) mass is 359 g/mol. The lowest BCUT2D eigenvalue weighted by molar-refractivity contribution is -0.123. The normalized spacial score (nSPS) is 24.0. The van der Waals surface area contributed by atoms with Crippen molar-refractivity contribution in [2.75, 3.05) is 19.6 Å². The number of benzene rings is 1. The van der Waals surface area contributed by atoms with E-state index in [1.807, 2.05) is 18.2 Å². The molecule has 2 amide bonds. The van der Waals surface area contributed by atoms with Gasteiger partial charge in [-0.25, -0.2) is 8.78 Å². The second kappa shape index (κ2) is 6.30. The molecule has 136 valence electrons. The molecule has 1 aromatic carbocycles. The summed E-state index contributed by atoms with van der Waals surface area (Å²) >= 11 is 0. The van der Waals surface area contributed by atoms with Gasteiger partial charge in [-0.15, -0.1) is 0 Å². The molecule has 1 N–H and O–H groups in total. The summed E-state index contributed by atoms with van der Waals surface area (Å²) in [5.74, 6) is -0.356. The maximum absolute atomic E-state index is 12.8. The summed E-state index contributed by atoms with van der Waals surface area (Å²) in [7, 11) is 0. The molecule has 1 aliphatic heterocycles. The summed E-state index contributed by atoms with van der Waals surface area (Å²) in [6, 6.07) is 9.27. The van der Waals surface area contributed by atoms with Crippen molar-refractivity contribution in [2.45, 2.75) is 19.3 Å². The number of likely N-dealkylation sites (tertiary alicyclic amines) is 1. The highest BCUT2D eigenvalue weighted by molar-refractivity contribution is 5.98. The van der Waals surface area contributed by atoms with Crippen molar-refractivity contribution in [1.82, 2.24) is 15.2 Å². The topological polar surface area (TPSA) is 62.3 Å². The molecule has 2 atom stereocenters. The van der Waals surface area contributed by atoms with Gasteiger partial charge < -0.3 is 10.2 Å². The molecule has 2 heterocycles. The van der Waals surface area contributed by atoms with Gasteiger partial charge in [-0.3, -0.25) is 14.6 Å². The van der Waals surface area contributed by atoms with Gasteiger partial charge in [-0.2, -0.15) is 0 Å². The third-order valence-electron chi connectivity index (χ3n) is 5.42. The van der Waals surface area contributed by atoms with Crippen LogP contribution in [0.15, 0.2) is 36.5 Å². The molecule has 5 nitrogen and oxygen atoms in total. The summed E-state index contributed by atoms with van der Waals surface area (Å²) < 4.78 is 24.5. The van der Waals surface area contributed by atoms with E-state index >= 15 is 0 Å². The van der Waals surface area contributed by atoms with Gasteiger partial charge in [0.15, 0.2) is 0 Å². The smallest absolute Gasteiger partial charge is 0.253 e. The minimum atomic E-state index is -2.63. The molecular weight excluding hydrogens is 340 g/mol. The number of rotatable bonds is 5. The molecule has 26 heavy (non-hydrogen) atoms. The van der Waals surface area contributed by atoms with E-state index in [1.165, 1.54) is 0 Å². The molecule has 4 rings (SSSR count). The first-order valence-corrected chi connectivity index (χ1v) is 8.66. The van der Waals surface area contributed by atoms with Crippen LogP contribution in [0.1, 0.15) is 23.2 Å². The van der Waals surface area contributed by atoms with Crippen LogP contribution in [0, 0.1) is 11.3 Å². The molecule has 2 fully saturated rings. The average Bonchev–Trinajstić information content (AvgIpc) is 3.18. The summed E-state index contributed by atoms with van der Waals surface area (Å²) in [4.78, 5) is 30.3. The van der Waals surface area contributed by atoms with Crippen molar-refractivity contribution in [2.24, 2.45) is 11.3 Å². The number of piperidine rings is 1. The highest BCUT2D eigenvalue weighted by Crippen LogP contribution is 2.57. The van der Waals surface area contributed by atoms with Gasteiger partial charge in [0.2, 0.25) is 12.3 Å². The van der Waals surface area contributed by atoms with Gasteiger partial charge in [0.25, 0.3) is 5.91 Å². The Labute approximate surface area is 149 Å². The predicted molar refractivity (Wildman–Crippen MR) is 91.8 cm³/mol. The maximum atomic E-state index is 12.8. The molecule has 1 saturated heterocycles. The van der Waals surface area contributed by atoms with Gasteiger partial charge in [0.05, 0.1) is 11.9 Å². The zero-order valence-electron chi connectivity index (χ0n) is 14.1. The first-order valence-electron chi connectivity index (χ1n) is 8.66. The number of halogens is 2. The van der Waals surface area contributed by atoms with E-state index < -0.39 is 18.8 Å². The van der Waals surface area contributed by atoms with Gasteiger partial charge in [-0.1, -0.05) is 12.1 Å². The number of fused-ring (bicyclic) bond motifs is 2. The van der Waals surface area contributed by atoms with Crippen molar-refractivity contribution in [1.29, 1.82) is 0 Å². The minimum Gasteiger partial charge on any atom is -0.355 e. The van der Waals surface area contributed by atoms with E-state index in [4.69, 9.17) is 0 Å². The van der Waals surface area contributed by atoms with Crippen LogP contribution in [-0.2, 0) is 4.79 Å². The van der Waals surface area contributed by atoms with Crippen molar-refractivity contribution < 1.29 is 18.4 Å². The van der Waals surface area contributed by atoms with E-state index in [0.717, 1.165) is 17.3 Å². The summed E-state index contributed by atoms with van der Waals surface area (Å²) in [6.45, 7) is 1.54. The first kappa shape index (κ1) is 16.9. The zero-order chi connectivity index (χ0) is 18.3. The third-order valence-corrected chi connectivity index (χ3v) is 5.42. The number of pyridine rings is 1. The van der Waals surface area contributed by atoms with E-state index in [0.29, 0.717) is 31.1 Å². The quantitative estimate of drug-likeness (QED) is 0.892. The Hall–Kier alpha value is -2.57. The number of hydrogen-bond donors (Lipinski definition) is 1. The highest BCUT2D eigenvalue weighted by atomic mass is 19.3. The molecule has 1 aliphatic carbocycles.